The normalized spacial score (nSPS) is 20.3. The van der Waals surface area contributed by atoms with Gasteiger partial charge in [0.25, 0.3) is 5.56 Å². The van der Waals surface area contributed by atoms with Gasteiger partial charge in [-0.1, -0.05) is 24.3 Å². The third-order valence-electron chi connectivity index (χ3n) is 6.44. The van der Waals surface area contributed by atoms with E-state index in [4.69, 9.17) is 4.74 Å². The third kappa shape index (κ3) is 3.93. The number of nitrogens with one attached hydrogen (secondary N) is 1. The molecule has 7 heteroatoms. The molecule has 0 saturated carbocycles. The van der Waals surface area contributed by atoms with Gasteiger partial charge in [-0.2, -0.15) is 0 Å². The first-order valence-corrected chi connectivity index (χ1v) is 10.7. The van der Waals surface area contributed by atoms with Crippen molar-refractivity contribution in [3.05, 3.63) is 76.0 Å². The van der Waals surface area contributed by atoms with Crippen molar-refractivity contribution in [2.24, 2.45) is 5.92 Å². The van der Waals surface area contributed by atoms with E-state index in [1.165, 1.54) is 12.7 Å². The molecular formula is C24H26N4O3. The van der Waals surface area contributed by atoms with E-state index >= 15 is 0 Å². The van der Waals surface area contributed by atoms with Gasteiger partial charge < -0.3 is 14.3 Å². The van der Waals surface area contributed by atoms with Gasteiger partial charge in [0.2, 0.25) is 0 Å². The van der Waals surface area contributed by atoms with Crippen molar-refractivity contribution in [3.63, 3.8) is 0 Å². The maximum Gasteiger partial charge on any atom is 0.309 e. The van der Waals surface area contributed by atoms with Crippen molar-refractivity contribution in [2.45, 2.75) is 31.8 Å². The Balaban J connectivity index is 1.31. The van der Waals surface area contributed by atoms with Gasteiger partial charge in [0, 0.05) is 50.2 Å². The monoisotopic (exact) mass is 418 g/mol. The summed E-state index contributed by atoms with van der Waals surface area (Å²) in [6, 6.07) is 12.2. The van der Waals surface area contributed by atoms with Crippen molar-refractivity contribution in [1.82, 2.24) is 19.4 Å². The molecule has 0 amide bonds. The predicted molar refractivity (Wildman–Crippen MR) is 117 cm³/mol. The highest BCUT2D eigenvalue weighted by molar-refractivity contribution is 5.72. The Hall–Kier alpha value is -3.19. The number of aromatic amines is 1. The minimum atomic E-state index is -0.222. The molecule has 1 N–H and O–H groups in total. The van der Waals surface area contributed by atoms with E-state index in [0.717, 1.165) is 43.9 Å². The smallest absolute Gasteiger partial charge is 0.309 e. The predicted octanol–water partition coefficient (Wildman–Crippen LogP) is 2.57. The van der Waals surface area contributed by atoms with E-state index in [2.05, 4.69) is 33.1 Å². The molecule has 0 unspecified atom stereocenters. The van der Waals surface area contributed by atoms with Gasteiger partial charge in [-0.3, -0.25) is 14.5 Å². The number of fused-ring (bicyclic) bond motifs is 4. The van der Waals surface area contributed by atoms with Crippen molar-refractivity contribution < 1.29 is 9.53 Å². The molecule has 1 saturated heterocycles. The summed E-state index contributed by atoms with van der Waals surface area (Å²) in [4.78, 5) is 34.3. The van der Waals surface area contributed by atoms with Crippen LogP contribution in [0.3, 0.4) is 0 Å². The third-order valence-corrected chi connectivity index (χ3v) is 6.44. The Labute approximate surface area is 180 Å². The number of pyridine rings is 1. The van der Waals surface area contributed by atoms with Gasteiger partial charge in [-0.25, -0.2) is 4.98 Å². The molecule has 2 aliphatic rings. The molecule has 2 bridgehead atoms. The molecule has 2 atom stereocenters. The van der Waals surface area contributed by atoms with Gasteiger partial charge in [-0.05, 0) is 35.6 Å². The van der Waals surface area contributed by atoms with E-state index in [0.29, 0.717) is 29.6 Å². The van der Waals surface area contributed by atoms with Crippen LogP contribution in [0.25, 0.3) is 11.4 Å². The number of esters is 1. The van der Waals surface area contributed by atoms with Crippen LogP contribution in [-0.2, 0) is 29.0 Å². The molecule has 0 spiro atoms. The van der Waals surface area contributed by atoms with Crippen LogP contribution in [0.4, 0.5) is 0 Å². The molecule has 3 aromatic rings. The van der Waals surface area contributed by atoms with Crippen LogP contribution in [-0.4, -0.2) is 45.6 Å². The number of piperidine rings is 1. The van der Waals surface area contributed by atoms with E-state index in [-0.39, 0.29) is 11.5 Å². The second-order valence-electron chi connectivity index (χ2n) is 8.59. The molecule has 160 valence electrons. The Morgan fingerprint density at radius 2 is 1.94 bits per heavy atom. The second-order valence-corrected chi connectivity index (χ2v) is 8.59. The Bertz CT molecular complexity index is 1130. The molecule has 2 aliphatic heterocycles. The number of methoxy groups -OCH3 is 1. The van der Waals surface area contributed by atoms with Gasteiger partial charge in [0.05, 0.1) is 19.1 Å². The summed E-state index contributed by atoms with van der Waals surface area (Å²) in [6.07, 6.45) is 4.85. The second kappa shape index (κ2) is 8.15. The number of carbonyl (C=O) groups is 1. The molecule has 4 heterocycles. The van der Waals surface area contributed by atoms with Crippen molar-refractivity contribution in [1.29, 1.82) is 0 Å². The SMILES string of the molecule is COC(=O)Cc1ccc(CN2C[C@@H]3C[C@H](C2)c2ccc(-c4ncc[nH]4)c(=O)n2C3)cc1. The average molecular weight is 418 g/mol. The van der Waals surface area contributed by atoms with Crippen molar-refractivity contribution >= 4 is 5.97 Å². The number of imidazole rings is 1. The van der Waals surface area contributed by atoms with Crippen LogP contribution in [0.5, 0.6) is 0 Å². The van der Waals surface area contributed by atoms with Gasteiger partial charge in [-0.15, -0.1) is 0 Å². The standard InChI is InChI=1S/C24H26N4O3/c1-31-22(29)11-16-2-4-17(5-3-16)12-27-13-18-10-19(15-27)21-7-6-20(23-25-8-9-26-23)24(30)28(21)14-18/h2-9,18-19H,10-15H2,1H3,(H,25,26)/t18-,19+/m0/s1. The Morgan fingerprint density at radius 1 is 1.13 bits per heavy atom. The number of aromatic nitrogens is 3. The Kier molecular flexibility index (Phi) is 5.19. The molecule has 5 rings (SSSR count). The zero-order valence-electron chi connectivity index (χ0n) is 17.6. The number of hydrogen-bond acceptors (Lipinski definition) is 5. The molecule has 1 fully saturated rings. The number of benzene rings is 1. The zero-order valence-corrected chi connectivity index (χ0v) is 17.6. The average Bonchev–Trinajstić information content (AvgIpc) is 3.30. The number of likely N-dealkylation sites (tertiary alicyclic amines) is 1. The molecule has 2 aromatic heterocycles. The minimum absolute atomic E-state index is 0.0526. The lowest BCUT2D eigenvalue weighted by molar-refractivity contribution is -0.139. The van der Waals surface area contributed by atoms with Gasteiger partial charge in [0.15, 0.2) is 0 Å². The first-order chi connectivity index (χ1) is 15.1. The fourth-order valence-electron chi connectivity index (χ4n) is 5.03. The maximum absolute atomic E-state index is 13.1. The summed E-state index contributed by atoms with van der Waals surface area (Å²) in [5, 5.41) is 0. The van der Waals surface area contributed by atoms with Crippen LogP contribution in [0.2, 0.25) is 0 Å². The lowest BCUT2D eigenvalue weighted by Gasteiger charge is -2.43. The summed E-state index contributed by atoms with van der Waals surface area (Å²) in [6.45, 7) is 3.56. The highest BCUT2D eigenvalue weighted by Gasteiger charge is 2.35. The molecular weight excluding hydrogens is 392 g/mol. The molecule has 31 heavy (non-hydrogen) atoms. The highest BCUT2D eigenvalue weighted by atomic mass is 16.5. The highest BCUT2D eigenvalue weighted by Crippen LogP contribution is 2.36. The van der Waals surface area contributed by atoms with E-state index in [1.807, 2.05) is 22.8 Å². The van der Waals surface area contributed by atoms with Gasteiger partial charge >= 0.3 is 5.97 Å². The first-order valence-electron chi connectivity index (χ1n) is 10.7. The fraction of sp³-hybridized carbons (Fsp3) is 0.375. The van der Waals surface area contributed by atoms with E-state index < -0.39 is 0 Å². The minimum Gasteiger partial charge on any atom is -0.469 e. The number of ether oxygens (including phenoxy) is 1. The quantitative estimate of drug-likeness (QED) is 0.644. The fourth-order valence-corrected chi connectivity index (χ4v) is 5.03. The number of rotatable bonds is 5. The van der Waals surface area contributed by atoms with Crippen LogP contribution in [0.15, 0.2) is 53.6 Å². The summed E-state index contributed by atoms with van der Waals surface area (Å²) in [5.41, 5.74) is 4.02. The van der Waals surface area contributed by atoms with E-state index in [1.54, 1.807) is 12.4 Å². The molecule has 0 radical (unpaired) electrons. The van der Waals surface area contributed by atoms with Crippen molar-refractivity contribution in [3.8, 4) is 11.4 Å². The summed E-state index contributed by atoms with van der Waals surface area (Å²) >= 11 is 0. The van der Waals surface area contributed by atoms with Gasteiger partial charge in [0.1, 0.15) is 5.82 Å². The number of hydrogen-bond donors (Lipinski definition) is 1. The number of carbonyl (C=O) groups excluding carboxylic acids is 1. The van der Waals surface area contributed by atoms with Crippen LogP contribution < -0.4 is 5.56 Å². The lowest BCUT2D eigenvalue weighted by atomic mass is 9.82. The molecule has 7 nitrogen and oxygen atoms in total. The first kappa shape index (κ1) is 19.8. The topological polar surface area (TPSA) is 80.2 Å². The maximum atomic E-state index is 13.1. The number of H-pyrrole nitrogens is 1. The lowest BCUT2D eigenvalue weighted by Crippen LogP contribution is -2.46. The number of nitrogens with zero attached hydrogens (tertiary/aromatic N) is 3. The summed E-state index contributed by atoms with van der Waals surface area (Å²) in [7, 11) is 1.41. The zero-order chi connectivity index (χ0) is 21.4. The summed E-state index contributed by atoms with van der Waals surface area (Å²) in [5.74, 6) is 1.24. The van der Waals surface area contributed by atoms with Crippen LogP contribution in [0, 0.1) is 5.92 Å². The summed E-state index contributed by atoms with van der Waals surface area (Å²) < 4.78 is 6.70. The molecule has 1 aromatic carbocycles. The van der Waals surface area contributed by atoms with Crippen LogP contribution >= 0.6 is 0 Å². The van der Waals surface area contributed by atoms with Crippen LogP contribution in [0.1, 0.15) is 29.2 Å². The van der Waals surface area contributed by atoms with Crippen molar-refractivity contribution in [2.75, 3.05) is 20.2 Å². The van der Waals surface area contributed by atoms with E-state index in [9.17, 15) is 9.59 Å². The largest absolute Gasteiger partial charge is 0.469 e. The Morgan fingerprint density at radius 3 is 2.68 bits per heavy atom. The molecule has 0 aliphatic carbocycles.